The maximum absolute atomic E-state index is 14.0. The Hall–Kier alpha value is -2.31. The maximum Gasteiger partial charge on any atom is 0.319 e. The van der Waals surface area contributed by atoms with Gasteiger partial charge in [0.25, 0.3) is 0 Å². The van der Waals surface area contributed by atoms with Gasteiger partial charge in [-0.2, -0.15) is 0 Å². The Balaban J connectivity index is 1.88. The second kappa shape index (κ2) is 7.51. The van der Waals surface area contributed by atoms with Crippen LogP contribution in [0.4, 0.5) is 14.9 Å². The molecular weight excluding hydrogens is 315 g/mol. The summed E-state index contributed by atoms with van der Waals surface area (Å²) < 4.78 is 19.5. The molecule has 1 saturated carbocycles. The topological polar surface area (TPSA) is 87.7 Å². The molecule has 7 heteroatoms. The fourth-order valence-corrected chi connectivity index (χ4v) is 2.29. The lowest BCUT2D eigenvalue weighted by Gasteiger charge is -2.27. The average molecular weight is 338 g/mol. The summed E-state index contributed by atoms with van der Waals surface area (Å²) >= 11 is 0. The molecule has 2 amide bonds. The van der Waals surface area contributed by atoms with Gasteiger partial charge in [0.1, 0.15) is 0 Å². The van der Waals surface area contributed by atoms with Crippen molar-refractivity contribution >= 4 is 17.7 Å². The van der Waals surface area contributed by atoms with E-state index in [2.05, 4.69) is 10.6 Å². The molecule has 1 aliphatic carbocycles. The standard InChI is InChI=1S/C17H23FN2O4/c1-17(2,9-8-15(21)22)20-16(23)19-11-6-7-14(13(18)10-11)24-12-4-3-5-12/h6-7,10,12H,3-5,8-9H2,1-2H3,(H,21,22)(H2,19,20,23). The molecule has 1 aromatic rings. The zero-order valence-electron chi connectivity index (χ0n) is 13.9. The Morgan fingerprint density at radius 3 is 2.62 bits per heavy atom. The van der Waals surface area contributed by atoms with E-state index in [1.54, 1.807) is 19.9 Å². The number of ether oxygens (including phenoxy) is 1. The van der Waals surface area contributed by atoms with Crippen LogP contribution >= 0.6 is 0 Å². The van der Waals surface area contributed by atoms with Gasteiger partial charge in [-0.25, -0.2) is 9.18 Å². The molecule has 0 aromatic heterocycles. The Morgan fingerprint density at radius 2 is 2.08 bits per heavy atom. The lowest BCUT2D eigenvalue weighted by molar-refractivity contribution is -0.137. The van der Waals surface area contributed by atoms with Crippen molar-refractivity contribution in [3.05, 3.63) is 24.0 Å². The largest absolute Gasteiger partial charge is 0.487 e. The van der Waals surface area contributed by atoms with E-state index in [0.29, 0.717) is 5.69 Å². The first kappa shape index (κ1) is 18.0. The van der Waals surface area contributed by atoms with Crippen molar-refractivity contribution in [3.8, 4) is 5.75 Å². The number of nitrogens with one attached hydrogen (secondary N) is 2. The number of carboxylic acid groups (broad SMARTS) is 1. The summed E-state index contributed by atoms with van der Waals surface area (Å²) in [5, 5.41) is 13.9. The minimum Gasteiger partial charge on any atom is -0.487 e. The summed E-state index contributed by atoms with van der Waals surface area (Å²) in [6.07, 6.45) is 3.30. The average Bonchev–Trinajstić information content (AvgIpc) is 2.42. The summed E-state index contributed by atoms with van der Waals surface area (Å²) in [6.45, 7) is 3.46. The van der Waals surface area contributed by atoms with Crippen LogP contribution in [0.15, 0.2) is 18.2 Å². The molecule has 3 N–H and O–H groups in total. The van der Waals surface area contributed by atoms with Crippen LogP contribution < -0.4 is 15.4 Å². The number of urea groups is 1. The van der Waals surface area contributed by atoms with Crippen molar-refractivity contribution in [2.24, 2.45) is 0 Å². The molecule has 0 unspecified atom stereocenters. The van der Waals surface area contributed by atoms with Crippen molar-refractivity contribution in [1.29, 1.82) is 0 Å². The number of benzene rings is 1. The van der Waals surface area contributed by atoms with Gasteiger partial charge in [-0.15, -0.1) is 0 Å². The molecule has 1 fully saturated rings. The number of amides is 2. The molecule has 6 nitrogen and oxygen atoms in total. The van der Waals surface area contributed by atoms with Gasteiger partial charge >= 0.3 is 12.0 Å². The van der Waals surface area contributed by atoms with Crippen LogP contribution in [0.5, 0.6) is 5.75 Å². The van der Waals surface area contributed by atoms with E-state index in [4.69, 9.17) is 9.84 Å². The van der Waals surface area contributed by atoms with Crippen LogP contribution in [0.1, 0.15) is 46.0 Å². The van der Waals surface area contributed by atoms with Crippen LogP contribution in [0.25, 0.3) is 0 Å². The quantitative estimate of drug-likeness (QED) is 0.710. The molecule has 132 valence electrons. The van der Waals surface area contributed by atoms with Crippen molar-refractivity contribution in [2.45, 2.75) is 57.6 Å². The first-order valence-electron chi connectivity index (χ1n) is 8.02. The Kier molecular flexibility index (Phi) is 5.64. The molecular formula is C17H23FN2O4. The highest BCUT2D eigenvalue weighted by atomic mass is 19.1. The predicted molar refractivity (Wildman–Crippen MR) is 87.8 cm³/mol. The third-order valence-corrected chi connectivity index (χ3v) is 3.95. The van der Waals surface area contributed by atoms with E-state index in [1.807, 2.05) is 0 Å². The SMILES string of the molecule is CC(C)(CCC(=O)O)NC(=O)Nc1ccc(OC2CCC2)c(F)c1. The lowest BCUT2D eigenvalue weighted by atomic mass is 9.96. The number of anilines is 1. The molecule has 0 atom stereocenters. The molecule has 1 aliphatic rings. The maximum atomic E-state index is 14.0. The van der Waals surface area contributed by atoms with Crippen LogP contribution in [0, 0.1) is 5.82 Å². The number of aliphatic carboxylic acids is 1. The van der Waals surface area contributed by atoms with Crippen molar-refractivity contribution in [2.75, 3.05) is 5.32 Å². The van der Waals surface area contributed by atoms with E-state index in [0.717, 1.165) is 19.3 Å². The highest BCUT2D eigenvalue weighted by Crippen LogP contribution is 2.28. The first-order chi connectivity index (χ1) is 11.2. The van der Waals surface area contributed by atoms with E-state index in [-0.39, 0.29) is 24.7 Å². The molecule has 24 heavy (non-hydrogen) atoms. The molecule has 0 heterocycles. The van der Waals surface area contributed by atoms with Gasteiger partial charge < -0.3 is 20.5 Å². The van der Waals surface area contributed by atoms with Crippen LogP contribution in [0.2, 0.25) is 0 Å². The Morgan fingerprint density at radius 1 is 1.38 bits per heavy atom. The number of carbonyl (C=O) groups is 2. The van der Waals surface area contributed by atoms with Gasteiger partial charge in [0.15, 0.2) is 11.6 Å². The molecule has 0 aliphatic heterocycles. The fourth-order valence-electron chi connectivity index (χ4n) is 2.29. The highest BCUT2D eigenvalue weighted by molar-refractivity contribution is 5.89. The second-order valence-electron chi connectivity index (χ2n) is 6.67. The van der Waals surface area contributed by atoms with Gasteiger partial charge in [0.2, 0.25) is 0 Å². The number of hydrogen-bond donors (Lipinski definition) is 3. The molecule has 0 spiro atoms. The monoisotopic (exact) mass is 338 g/mol. The van der Waals surface area contributed by atoms with E-state index in [1.165, 1.54) is 12.1 Å². The number of hydrogen-bond acceptors (Lipinski definition) is 3. The van der Waals surface area contributed by atoms with Crippen LogP contribution in [-0.4, -0.2) is 28.7 Å². The third-order valence-electron chi connectivity index (χ3n) is 3.95. The molecule has 2 rings (SSSR count). The Bertz CT molecular complexity index is 615. The smallest absolute Gasteiger partial charge is 0.319 e. The number of halogens is 1. The lowest BCUT2D eigenvalue weighted by Crippen LogP contribution is -2.45. The molecule has 1 aromatic carbocycles. The summed E-state index contributed by atoms with van der Waals surface area (Å²) in [5.74, 6) is -1.26. The summed E-state index contributed by atoms with van der Waals surface area (Å²) in [4.78, 5) is 22.6. The molecule has 0 saturated heterocycles. The van der Waals surface area contributed by atoms with Crippen molar-refractivity contribution in [1.82, 2.24) is 5.32 Å². The number of rotatable bonds is 7. The minimum atomic E-state index is -0.922. The normalized spacial score (nSPS) is 14.6. The summed E-state index contributed by atoms with van der Waals surface area (Å²) in [7, 11) is 0. The molecule has 0 radical (unpaired) electrons. The zero-order valence-corrected chi connectivity index (χ0v) is 13.9. The van der Waals surface area contributed by atoms with Gasteiger partial charge in [0.05, 0.1) is 6.10 Å². The van der Waals surface area contributed by atoms with Gasteiger partial charge in [-0.1, -0.05) is 0 Å². The van der Waals surface area contributed by atoms with Gasteiger partial charge in [-0.05, 0) is 51.7 Å². The number of carboxylic acids is 1. The van der Waals surface area contributed by atoms with Crippen LogP contribution in [0.3, 0.4) is 0 Å². The van der Waals surface area contributed by atoms with E-state index < -0.39 is 23.4 Å². The van der Waals surface area contributed by atoms with Crippen molar-refractivity contribution < 1.29 is 23.8 Å². The van der Waals surface area contributed by atoms with Crippen LogP contribution in [-0.2, 0) is 4.79 Å². The van der Waals surface area contributed by atoms with E-state index >= 15 is 0 Å². The Labute approximate surface area is 140 Å². The fraction of sp³-hybridized carbons (Fsp3) is 0.529. The zero-order chi connectivity index (χ0) is 17.7. The predicted octanol–water partition coefficient (Wildman–Crippen LogP) is 3.52. The second-order valence-corrected chi connectivity index (χ2v) is 6.67. The first-order valence-corrected chi connectivity index (χ1v) is 8.02. The highest BCUT2D eigenvalue weighted by Gasteiger charge is 2.22. The summed E-state index contributed by atoms with van der Waals surface area (Å²) in [5.41, 5.74) is -0.381. The van der Waals surface area contributed by atoms with Crippen molar-refractivity contribution in [3.63, 3.8) is 0 Å². The molecule has 0 bridgehead atoms. The number of carbonyl (C=O) groups excluding carboxylic acids is 1. The third kappa shape index (κ3) is 5.40. The minimum absolute atomic E-state index is 0.0465. The van der Waals surface area contributed by atoms with E-state index in [9.17, 15) is 14.0 Å². The van der Waals surface area contributed by atoms with Gasteiger partial charge in [-0.3, -0.25) is 4.79 Å². The summed E-state index contributed by atoms with van der Waals surface area (Å²) in [6, 6.07) is 3.76. The van der Waals surface area contributed by atoms with Gasteiger partial charge in [0, 0.05) is 23.7 Å².